The molecule has 28 heavy (non-hydrogen) atoms. The first-order valence-corrected chi connectivity index (χ1v) is 8.61. The molecular weight excluding hydrogens is 371 g/mol. The molecule has 1 N–H and O–H groups in total. The first-order chi connectivity index (χ1) is 13.2. The Hall–Kier alpha value is -3.23. The van der Waals surface area contributed by atoms with Gasteiger partial charge in [0.25, 0.3) is 0 Å². The van der Waals surface area contributed by atoms with Gasteiger partial charge >= 0.3 is 17.6 Å². The summed E-state index contributed by atoms with van der Waals surface area (Å²) >= 11 is 0. The SMILES string of the molecule is CCCOC(=O)C1=C(C)NC(C)=C(C(=O)OC)C1c1cccc([N+](=O)[O-])c1F. The van der Waals surface area contributed by atoms with Gasteiger partial charge in [-0.05, 0) is 20.3 Å². The Balaban J connectivity index is 2.74. The van der Waals surface area contributed by atoms with Crippen molar-refractivity contribution >= 4 is 17.6 Å². The average Bonchev–Trinajstić information content (AvgIpc) is 2.65. The third kappa shape index (κ3) is 3.88. The standard InChI is InChI=1S/C19H21FN2O6/c1-5-9-28-19(24)15-11(3)21-10(2)14(18(23)27-4)16(15)12-7-6-8-13(17(12)20)22(25)26/h6-8,16,21H,5,9H2,1-4H3. The van der Waals surface area contributed by atoms with Crippen molar-refractivity contribution in [2.75, 3.05) is 13.7 Å². The summed E-state index contributed by atoms with van der Waals surface area (Å²) in [4.78, 5) is 35.4. The zero-order chi connectivity index (χ0) is 21.0. The number of halogens is 1. The minimum absolute atomic E-state index is 0.00107. The Morgan fingerprint density at radius 1 is 1.21 bits per heavy atom. The molecule has 1 aromatic rings. The second-order valence-corrected chi connectivity index (χ2v) is 6.20. The van der Waals surface area contributed by atoms with Gasteiger partial charge in [-0.2, -0.15) is 4.39 Å². The molecule has 0 saturated carbocycles. The molecule has 0 fully saturated rings. The van der Waals surface area contributed by atoms with Crippen molar-refractivity contribution in [3.8, 4) is 0 Å². The van der Waals surface area contributed by atoms with Gasteiger partial charge in [0.1, 0.15) is 0 Å². The number of hydrogen-bond donors (Lipinski definition) is 1. The van der Waals surface area contributed by atoms with Crippen LogP contribution < -0.4 is 5.32 Å². The summed E-state index contributed by atoms with van der Waals surface area (Å²) < 4.78 is 25.0. The van der Waals surface area contributed by atoms with E-state index < -0.39 is 34.3 Å². The summed E-state index contributed by atoms with van der Waals surface area (Å²) in [5.41, 5.74) is -0.237. The number of carbonyl (C=O) groups is 2. The molecule has 1 aromatic carbocycles. The number of nitro benzene ring substituents is 1. The van der Waals surface area contributed by atoms with E-state index in [1.165, 1.54) is 12.1 Å². The maximum Gasteiger partial charge on any atom is 0.336 e. The number of methoxy groups -OCH3 is 1. The van der Waals surface area contributed by atoms with Gasteiger partial charge in [0.2, 0.25) is 5.82 Å². The Morgan fingerprint density at radius 2 is 1.82 bits per heavy atom. The molecule has 1 heterocycles. The second kappa shape index (κ2) is 8.64. The number of carbonyl (C=O) groups excluding carboxylic acids is 2. The number of nitrogens with one attached hydrogen (secondary N) is 1. The molecule has 0 aromatic heterocycles. The molecule has 1 unspecified atom stereocenters. The Morgan fingerprint density at radius 3 is 2.36 bits per heavy atom. The van der Waals surface area contributed by atoms with Gasteiger partial charge in [-0.3, -0.25) is 10.1 Å². The lowest BCUT2D eigenvalue weighted by atomic mass is 9.80. The number of nitrogens with zero attached hydrogens (tertiary/aromatic N) is 1. The average molecular weight is 392 g/mol. The quantitative estimate of drug-likeness (QED) is 0.450. The van der Waals surface area contributed by atoms with E-state index in [-0.39, 0.29) is 23.3 Å². The highest BCUT2D eigenvalue weighted by Crippen LogP contribution is 2.41. The minimum atomic E-state index is -1.21. The van der Waals surface area contributed by atoms with Crippen molar-refractivity contribution < 1.29 is 28.4 Å². The van der Waals surface area contributed by atoms with Crippen LogP contribution in [-0.4, -0.2) is 30.6 Å². The van der Waals surface area contributed by atoms with Crippen LogP contribution in [0.5, 0.6) is 0 Å². The molecule has 1 aliphatic rings. The van der Waals surface area contributed by atoms with Crippen LogP contribution >= 0.6 is 0 Å². The predicted molar refractivity (Wildman–Crippen MR) is 97.6 cm³/mol. The molecule has 0 bridgehead atoms. The minimum Gasteiger partial charge on any atom is -0.466 e. The summed E-state index contributed by atoms with van der Waals surface area (Å²) in [7, 11) is 1.16. The highest BCUT2D eigenvalue weighted by atomic mass is 19.1. The predicted octanol–water partition coefficient (Wildman–Crippen LogP) is 3.09. The lowest BCUT2D eigenvalue weighted by molar-refractivity contribution is -0.387. The van der Waals surface area contributed by atoms with E-state index in [1.54, 1.807) is 13.8 Å². The van der Waals surface area contributed by atoms with Crippen LogP contribution in [0.4, 0.5) is 10.1 Å². The van der Waals surface area contributed by atoms with Crippen molar-refractivity contribution in [1.29, 1.82) is 0 Å². The van der Waals surface area contributed by atoms with Crippen LogP contribution in [0.15, 0.2) is 40.7 Å². The maximum atomic E-state index is 15.0. The summed E-state index contributed by atoms with van der Waals surface area (Å²) in [5.74, 6) is -3.86. The fourth-order valence-electron chi connectivity index (χ4n) is 3.13. The second-order valence-electron chi connectivity index (χ2n) is 6.20. The number of allylic oxidation sites excluding steroid dienone is 2. The zero-order valence-corrected chi connectivity index (χ0v) is 16.0. The zero-order valence-electron chi connectivity index (χ0n) is 16.0. The molecule has 0 radical (unpaired) electrons. The van der Waals surface area contributed by atoms with E-state index in [4.69, 9.17) is 9.47 Å². The molecule has 150 valence electrons. The van der Waals surface area contributed by atoms with Crippen LogP contribution in [0.1, 0.15) is 38.7 Å². The van der Waals surface area contributed by atoms with Crippen LogP contribution in [0.3, 0.4) is 0 Å². The lowest BCUT2D eigenvalue weighted by Crippen LogP contribution is -2.32. The summed E-state index contributed by atoms with van der Waals surface area (Å²) in [5, 5.41) is 14.1. The largest absolute Gasteiger partial charge is 0.466 e. The number of nitro groups is 1. The van der Waals surface area contributed by atoms with E-state index in [1.807, 2.05) is 6.92 Å². The molecule has 0 saturated heterocycles. The van der Waals surface area contributed by atoms with Gasteiger partial charge in [-0.1, -0.05) is 19.1 Å². The van der Waals surface area contributed by atoms with Crippen LogP contribution in [-0.2, 0) is 19.1 Å². The van der Waals surface area contributed by atoms with Crippen LogP contribution in [0.2, 0.25) is 0 Å². The van der Waals surface area contributed by atoms with Crippen LogP contribution in [0, 0.1) is 15.9 Å². The number of rotatable bonds is 6. The molecule has 0 aliphatic carbocycles. The van der Waals surface area contributed by atoms with Gasteiger partial charge in [-0.15, -0.1) is 0 Å². The fraction of sp³-hybridized carbons (Fsp3) is 0.368. The summed E-state index contributed by atoms with van der Waals surface area (Å²) in [6.07, 6.45) is 0.570. The van der Waals surface area contributed by atoms with E-state index in [0.29, 0.717) is 17.8 Å². The van der Waals surface area contributed by atoms with E-state index in [2.05, 4.69) is 5.32 Å². The molecule has 2 rings (SSSR count). The summed E-state index contributed by atoms with van der Waals surface area (Å²) in [6.45, 7) is 5.11. The molecule has 1 aliphatic heterocycles. The van der Waals surface area contributed by atoms with Gasteiger partial charge in [0.05, 0.1) is 35.7 Å². The van der Waals surface area contributed by atoms with Gasteiger partial charge in [-0.25, -0.2) is 9.59 Å². The maximum absolute atomic E-state index is 15.0. The highest BCUT2D eigenvalue weighted by molar-refractivity contribution is 5.99. The molecular formula is C19H21FN2O6. The topological polar surface area (TPSA) is 108 Å². The van der Waals surface area contributed by atoms with Crippen molar-refractivity contribution in [1.82, 2.24) is 5.32 Å². The first kappa shape index (κ1) is 21.1. The summed E-state index contributed by atoms with van der Waals surface area (Å²) in [6, 6.07) is 3.61. The number of esters is 2. The highest BCUT2D eigenvalue weighted by Gasteiger charge is 2.40. The number of ether oxygens (including phenoxy) is 2. The molecule has 0 amide bonds. The normalized spacial score (nSPS) is 16.5. The van der Waals surface area contributed by atoms with Crippen molar-refractivity contribution in [3.63, 3.8) is 0 Å². The third-order valence-electron chi connectivity index (χ3n) is 4.34. The third-order valence-corrected chi connectivity index (χ3v) is 4.34. The number of benzene rings is 1. The van der Waals surface area contributed by atoms with E-state index >= 15 is 0 Å². The van der Waals surface area contributed by atoms with E-state index in [9.17, 15) is 24.1 Å². The lowest BCUT2D eigenvalue weighted by Gasteiger charge is -2.30. The molecule has 9 heteroatoms. The Kier molecular flexibility index (Phi) is 6.50. The van der Waals surface area contributed by atoms with Gasteiger partial charge < -0.3 is 14.8 Å². The number of hydrogen-bond acceptors (Lipinski definition) is 7. The van der Waals surface area contributed by atoms with Crippen LogP contribution in [0.25, 0.3) is 0 Å². The fourth-order valence-corrected chi connectivity index (χ4v) is 3.13. The Labute approximate surface area is 161 Å². The number of dihydropyridines is 1. The Bertz CT molecular complexity index is 890. The monoisotopic (exact) mass is 392 g/mol. The first-order valence-electron chi connectivity index (χ1n) is 8.61. The molecule has 8 nitrogen and oxygen atoms in total. The van der Waals surface area contributed by atoms with E-state index in [0.717, 1.165) is 13.2 Å². The molecule has 0 spiro atoms. The van der Waals surface area contributed by atoms with Gasteiger partial charge in [0, 0.05) is 23.0 Å². The smallest absolute Gasteiger partial charge is 0.336 e. The van der Waals surface area contributed by atoms with Crippen molar-refractivity contribution in [2.45, 2.75) is 33.1 Å². The van der Waals surface area contributed by atoms with Gasteiger partial charge in [0.15, 0.2) is 0 Å². The van der Waals surface area contributed by atoms with Crippen molar-refractivity contribution in [2.24, 2.45) is 0 Å². The van der Waals surface area contributed by atoms with Crippen molar-refractivity contribution in [3.05, 3.63) is 62.2 Å². The molecule has 1 atom stereocenters.